The van der Waals surface area contributed by atoms with E-state index in [0.717, 1.165) is 17.4 Å². The molecule has 1 N–H and O–H groups in total. The SMILES string of the molecule is COc1cn(C(CCOC(C)(C)C)C(=O)Cc2ccc(C(=O)O)s2)c(=O)cc1-c1cc(Cl)ccc1OCC(F)(F)F. The summed E-state index contributed by atoms with van der Waals surface area (Å²) in [5.74, 6) is -1.56. The van der Waals surface area contributed by atoms with E-state index in [1.807, 2.05) is 20.8 Å². The lowest BCUT2D eigenvalue weighted by molar-refractivity contribution is -0.153. The minimum absolute atomic E-state index is 0.0775. The Hall–Kier alpha value is -3.35. The van der Waals surface area contributed by atoms with E-state index in [1.165, 1.54) is 42.1 Å². The van der Waals surface area contributed by atoms with Crippen LogP contribution < -0.4 is 15.0 Å². The maximum Gasteiger partial charge on any atom is 0.422 e. The highest BCUT2D eigenvalue weighted by Crippen LogP contribution is 2.38. The lowest BCUT2D eigenvalue weighted by atomic mass is 10.0. The van der Waals surface area contributed by atoms with Gasteiger partial charge < -0.3 is 23.9 Å². The van der Waals surface area contributed by atoms with E-state index >= 15 is 0 Å². The van der Waals surface area contributed by atoms with E-state index in [9.17, 15) is 32.7 Å². The molecule has 1 unspecified atom stereocenters. The zero-order valence-electron chi connectivity index (χ0n) is 22.7. The van der Waals surface area contributed by atoms with Gasteiger partial charge in [0.05, 0.1) is 24.9 Å². The van der Waals surface area contributed by atoms with Crippen LogP contribution >= 0.6 is 22.9 Å². The van der Waals surface area contributed by atoms with Crippen molar-refractivity contribution in [3.63, 3.8) is 0 Å². The summed E-state index contributed by atoms with van der Waals surface area (Å²) in [5, 5.41) is 9.40. The molecular weight excluding hydrogens is 587 g/mol. The van der Waals surface area contributed by atoms with Crippen molar-refractivity contribution in [1.82, 2.24) is 4.57 Å². The van der Waals surface area contributed by atoms with Gasteiger partial charge in [-0.05, 0) is 57.5 Å². The van der Waals surface area contributed by atoms with Crippen LogP contribution in [0, 0.1) is 0 Å². The monoisotopic (exact) mass is 615 g/mol. The van der Waals surface area contributed by atoms with Crippen LogP contribution in [0.4, 0.5) is 13.2 Å². The van der Waals surface area contributed by atoms with Crippen LogP contribution in [0.3, 0.4) is 0 Å². The number of Topliss-reactive ketones (excluding diaryl/α,β-unsaturated/α-hetero) is 1. The molecule has 3 aromatic rings. The molecule has 0 bridgehead atoms. The largest absolute Gasteiger partial charge is 0.495 e. The van der Waals surface area contributed by atoms with Gasteiger partial charge in [0.25, 0.3) is 5.56 Å². The first-order valence-electron chi connectivity index (χ1n) is 12.4. The van der Waals surface area contributed by atoms with E-state index in [1.54, 1.807) is 6.07 Å². The van der Waals surface area contributed by atoms with Crippen molar-refractivity contribution in [1.29, 1.82) is 0 Å². The van der Waals surface area contributed by atoms with Crippen LogP contribution in [0.1, 0.15) is 47.8 Å². The Morgan fingerprint density at radius 3 is 2.34 bits per heavy atom. The number of carboxylic acids is 1. The number of hydrogen-bond donors (Lipinski definition) is 1. The summed E-state index contributed by atoms with van der Waals surface area (Å²) in [6.07, 6.45) is -3.30. The highest BCUT2D eigenvalue weighted by atomic mass is 35.5. The number of ketones is 1. The number of rotatable bonds is 12. The normalized spacial score (nSPS) is 12.7. The number of carbonyl (C=O) groups is 2. The zero-order valence-corrected chi connectivity index (χ0v) is 24.3. The molecule has 3 rings (SSSR count). The van der Waals surface area contributed by atoms with Gasteiger partial charge in [-0.15, -0.1) is 11.3 Å². The van der Waals surface area contributed by atoms with E-state index in [0.29, 0.717) is 4.88 Å². The fourth-order valence-corrected chi connectivity index (χ4v) is 4.98. The molecule has 0 fully saturated rings. The number of alkyl halides is 3. The van der Waals surface area contributed by atoms with Gasteiger partial charge in [-0.1, -0.05) is 11.6 Å². The zero-order chi connectivity index (χ0) is 30.5. The molecule has 2 heterocycles. The summed E-state index contributed by atoms with van der Waals surface area (Å²) >= 11 is 7.07. The van der Waals surface area contributed by atoms with E-state index in [-0.39, 0.29) is 57.8 Å². The van der Waals surface area contributed by atoms with Gasteiger partial charge in [-0.25, -0.2) is 4.79 Å². The van der Waals surface area contributed by atoms with Gasteiger partial charge in [0.1, 0.15) is 16.4 Å². The number of aromatic nitrogens is 1. The first-order chi connectivity index (χ1) is 19.1. The molecule has 0 aliphatic carbocycles. The molecule has 2 aromatic heterocycles. The van der Waals surface area contributed by atoms with Crippen LogP contribution in [0.2, 0.25) is 5.02 Å². The van der Waals surface area contributed by atoms with E-state index in [4.69, 9.17) is 25.8 Å². The number of thiophene rings is 1. The Balaban J connectivity index is 2.04. The van der Waals surface area contributed by atoms with Gasteiger partial charge in [0, 0.05) is 40.1 Å². The lowest BCUT2D eigenvalue weighted by Gasteiger charge is -2.24. The van der Waals surface area contributed by atoms with Crippen LogP contribution in [0.25, 0.3) is 11.1 Å². The second-order valence-electron chi connectivity index (χ2n) is 10.0. The van der Waals surface area contributed by atoms with Crippen LogP contribution in [0.5, 0.6) is 11.5 Å². The first-order valence-corrected chi connectivity index (χ1v) is 13.6. The van der Waals surface area contributed by atoms with Gasteiger partial charge in [-0.3, -0.25) is 9.59 Å². The Morgan fingerprint density at radius 2 is 1.76 bits per heavy atom. The average molecular weight is 616 g/mol. The standard InChI is InChI=1S/C28H29ClF3NO7S/c1-27(2,3)40-10-9-20(21(34)12-17-6-8-24(41-17)26(36)37)33-14-23(38-4)19(13-25(33)35)18-11-16(29)5-7-22(18)39-15-28(30,31)32/h5-8,11,13-14,20H,9-10,12,15H2,1-4H3,(H,36,37). The molecule has 0 saturated carbocycles. The predicted octanol–water partition coefficient (Wildman–Crippen LogP) is 6.44. The van der Waals surface area contributed by atoms with Crippen LogP contribution in [0.15, 0.2) is 47.4 Å². The molecule has 0 aliphatic rings. The minimum atomic E-state index is -4.60. The highest BCUT2D eigenvalue weighted by molar-refractivity contribution is 7.14. The highest BCUT2D eigenvalue weighted by Gasteiger charge is 2.30. The lowest BCUT2D eigenvalue weighted by Crippen LogP contribution is -2.32. The molecule has 0 aliphatic heterocycles. The molecule has 41 heavy (non-hydrogen) atoms. The quantitative estimate of drug-likeness (QED) is 0.250. The van der Waals surface area contributed by atoms with E-state index in [2.05, 4.69) is 0 Å². The summed E-state index contributed by atoms with van der Waals surface area (Å²) in [6.45, 7) is 4.10. The number of pyridine rings is 1. The first kappa shape index (κ1) is 32.2. The summed E-state index contributed by atoms with van der Waals surface area (Å²) in [7, 11) is 1.31. The molecule has 0 amide bonds. The van der Waals surface area contributed by atoms with E-state index < -0.39 is 36.0 Å². The van der Waals surface area contributed by atoms with Crippen molar-refractivity contribution >= 4 is 34.7 Å². The number of benzene rings is 1. The number of halogens is 4. The summed E-state index contributed by atoms with van der Waals surface area (Å²) in [6, 6.07) is 7.05. The predicted molar refractivity (Wildman–Crippen MR) is 149 cm³/mol. The Labute approximate surface area is 243 Å². The van der Waals surface area contributed by atoms with Crippen molar-refractivity contribution in [2.45, 2.75) is 51.4 Å². The third-order valence-electron chi connectivity index (χ3n) is 5.74. The van der Waals surface area contributed by atoms with Gasteiger partial charge >= 0.3 is 12.1 Å². The van der Waals surface area contributed by atoms with Crippen molar-refractivity contribution in [3.8, 4) is 22.6 Å². The van der Waals surface area contributed by atoms with Gasteiger partial charge in [0.2, 0.25) is 0 Å². The molecule has 0 saturated heterocycles. The van der Waals surface area contributed by atoms with Gasteiger partial charge in [-0.2, -0.15) is 13.2 Å². The topological polar surface area (TPSA) is 104 Å². The molecule has 1 aromatic carbocycles. The van der Waals surface area contributed by atoms with Crippen molar-refractivity contribution in [3.05, 3.63) is 67.7 Å². The van der Waals surface area contributed by atoms with Gasteiger partial charge in [0.15, 0.2) is 12.4 Å². The van der Waals surface area contributed by atoms with Crippen molar-refractivity contribution in [2.75, 3.05) is 20.3 Å². The molecular formula is C28H29ClF3NO7S. The number of carbonyl (C=O) groups excluding carboxylic acids is 1. The second kappa shape index (κ2) is 13.1. The van der Waals surface area contributed by atoms with Crippen LogP contribution in [-0.4, -0.2) is 53.5 Å². The maximum absolute atomic E-state index is 13.5. The molecule has 222 valence electrons. The third-order valence-corrected chi connectivity index (χ3v) is 7.05. The molecule has 1 atom stereocenters. The van der Waals surface area contributed by atoms with Crippen LogP contribution in [-0.2, 0) is 16.0 Å². The minimum Gasteiger partial charge on any atom is -0.495 e. The average Bonchev–Trinajstić information content (AvgIpc) is 3.33. The van der Waals surface area contributed by atoms with Crippen molar-refractivity contribution < 1.29 is 42.1 Å². The molecule has 8 nitrogen and oxygen atoms in total. The summed E-state index contributed by atoms with van der Waals surface area (Å²) < 4.78 is 56.0. The fraction of sp³-hybridized carbons (Fsp3) is 0.393. The smallest absolute Gasteiger partial charge is 0.422 e. The molecule has 0 spiro atoms. The second-order valence-corrected chi connectivity index (χ2v) is 11.6. The fourth-order valence-electron chi connectivity index (χ4n) is 3.95. The number of methoxy groups -OCH3 is 1. The Bertz CT molecular complexity index is 1460. The Morgan fingerprint density at radius 1 is 1.07 bits per heavy atom. The number of ether oxygens (including phenoxy) is 3. The third kappa shape index (κ3) is 9.07. The Kier molecular flexibility index (Phi) is 10.3. The number of carboxylic acid groups (broad SMARTS) is 1. The number of aromatic carboxylic acids is 1. The summed E-state index contributed by atoms with van der Waals surface area (Å²) in [4.78, 5) is 38.8. The van der Waals surface area contributed by atoms with Crippen molar-refractivity contribution in [2.24, 2.45) is 0 Å². The number of nitrogens with zero attached hydrogens (tertiary/aromatic N) is 1. The molecule has 13 heteroatoms. The number of hydrogen-bond acceptors (Lipinski definition) is 7. The summed E-state index contributed by atoms with van der Waals surface area (Å²) in [5.41, 5.74) is -0.922. The maximum atomic E-state index is 13.5. The molecule has 0 radical (unpaired) electrons.